The summed E-state index contributed by atoms with van der Waals surface area (Å²) in [5, 5.41) is 20.9. The third-order valence-electron chi connectivity index (χ3n) is 1.85. The molecule has 0 radical (unpaired) electrons. The van der Waals surface area contributed by atoms with Crippen LogP contribution in [0.1, 0.15) is 19.8 Å². The third kappa shape index (κ3) is 2.48. The third-order valence-corrected chi connectivity index (χ3v) is 1.85. The van der Waals surface area contributed by atoms with Gasteiger partial charge in [-0.2, -0.15) is 0 Å². The first-order chi connectivity index (χ1) is 7.06. The fourth-order valence-corrected chi connectivity index (χ4v) is 1.12. The lowest BCUT2D eigenvalue weighted by molar-refractivity contribution is -0.403. The lowest BCUT2D eigenvalue weighted by atomic mass is 10.3. The maximum absolute atomic E-state index is 10.5. The molecule has 0 fully saturated rings. The van der Waals surface area contributed by atoms with E-state index in [4.69, 9.17) is 0 Å². The van der Waals surface area contributed by atoms with E-state index in [2.05, 4.69) is 4.98 Å². The van der Waals surface area contributed by atoms with Crippen molar-refractivity contribution in [1.82, 2.24) is 9.55 Å². The van der Waals surface area contributed by atoms with Crippen LogP contribution in [-0.2, 0) is 6.54 Å². The van der Waals surface area contributed by atoms with Crippen molar-refractivity contribution in [3.05, 3.63) is 26.4 Å². The summed E-state index contributed by atoms with van der Waals surface area (Å²) in [4.78, 5) is 22.8. The minimum absolute atomic E-state index is 0.369. The molecular formula is C7H10N4O4. The van der Waals surface area contributed by atoms with Gasteiger partial charge in [0.05, 0.1) is 6.54 Å². The van der Waals surface area contributed by atoms with Crippen LogP contribution in [0.3, 0.4) is 0 Å². The number of aromatic nitrogens is 2. The summed E-state index contributed by atoms with van der Waals surface area (Å²) in [5.74, 6) is -0.965. The van der Waals surface area contributed by atoms with E-state index in [1.165, 1.54) is 4.57 Å². The van der Waals surface area contributed by atoms with Gasteiger partial charge in [-0.15, -0.1) is 0 Å². The van der Waals surface area contributed by atoms with Crippen molar-refractivity contribution in [3.63, 3.8) is 0 Å². The predicted molar refractivity (Wildman–Crippen MR) is 50.4 cm³/mol. The van der Waals surface area contributed by atoms with Gasteiger partial charge in [0.15, 0.2) is 6.20 Å². The summed E-state index contributed by atoms with van der Waals surface area (Å²) in [5.41, 5.74) is 0. The first kappa shape index (κ1) is 11.1. The van der Waals surface area contributed by atoms with Crippen LogP contribution in [0.5, 0.6) is 0 Å². The Balaban J connectivity index is 3.00. The summed E-state index contributed by atoms with van der Waals surface area (Å²) in [6.45, 7) is 2.30. The number of unbranched alkanes of at least 4 members (excludes halogenated alkanes) is 1. The first-order valence-electron chi connectivity index (χ1n) is 4.42. The zero-order chi connectivity index (χ0) is 11.4. The second-order valence-corrected chi connectivity index (χ2v) is 2.96. The molecule has 0 aliphatic carbocycles. The fraction of sp³-hybridized carbons (Fsp3) is 0.571. The van der Waals surface area contributed by atoms with E-state index in [-0.39, 0.29) is 0 Å². The fourth-order valence-electron chi connectivity index (χ4n) is 1.12. The molecule has 0 amide bonds. The van der Waals surface area contributed by atoms with E-state index >= 15 is 0 Å². The average molecular weight is 214 g/mol. The van der Waals surface area contributed by atoms with Crippen LogP contribution in [0.2, 0.25) is 0 Å². The minimum atomic E-state index is -0.741. The molecule has 0 aliphatic rings. The number of hydrogen-bond acceptors (Lipinski definition) is 5. The number of aryl methyl sites for hydroxylation is 1. The van der Waals surface area contributed by atoms with Crippen molar-refractivity contribution in [1.29, 1.82) is 0 Å². The highest BCUT2D eigenvalue weighted by Gasteiger charge is 2.22. The molecule has 82 valence electrons. The average Bonchev–Trinajstić information content (AvgIpc) is 2.58. The molecule has 15 heavy (non-hydrogen) atoms. The number of imidazole rings is 1. The van der Waals surface area contributed by atoms with E-state index < -0.39 is 21.6 Å². The normalized spacial score (nSPS) is 10.2. The summed E-state index contributed by atoms with van der Waals surface area (Å²) in [6.07, 6.45) is 2.66. The van der Waals surface area contributed by atoms with Gasteiger partial charge in [-0.05, 0) is 21.3 Å². The van der Waals surface area contributed by atoms with Gasteiger partial charge in [0.1, 0.15) is 0 Å². The number of nitro groups is 2. The zero-order valence-electron chi connectivity index (χ0n) is 8.12. The van der Waals surface area contributed by atoms with Crippen molar-refractivity contribution < 1.29 is 9.85 Å². The lowest BCUT2D eigenvalue weighted by Gasteiger charge is -1.98. The van der Waals surface area contributed by atoms with Gasteiger partial charge in [-0.3, -0.25) is 0 Å². The first-order valence-corrected chi connectivity index (χ1v) is 4.42. The number of nitrogens with zero attached hydrogens (tertiary/aromatic N) is 4. The Morgan fingerprint density at radius 2 is 2.07 bits per heavy atom. The van der Waals surface area contributed by atoms with Gasteiger partial charge in [0.25, 0.3) is 0 Å². The van der Waals surface area contributed by atoms with Gasteiger partial charge >= 0.3 is 11.8 Å². The Kier molecular flexibility index (Phi) is 3.32. The molecule has 1 heterocycles. The molecular weight excluding hydrogens is 204 g/mol. The smallest absolute Gasteiger partial charge is 0.390 e. The van der Waals surface area contributed by atoms with Crippen LogP contribution >= 0.6 is 0 Å². The molecule has 0 bridgehead atoms. The van der Waals surface area contributed by atoms with E-state index in [0.29, 0.717) is 13.0 Å². The van der Waals surface area contributed by atoms with Crippen molar-refractivity contribution in [2.75, 3.05) is 0 Å². The van der Waals surface area contributed by atoms with Crippen molar-refractivity contribution in [2.24, 2.45) is 0 Å². The Morgan fingerprint density at radius 3 is 2.53 bits per heavy atom. The Morgan fingerprint density at radius 1 is 1.40 bits per heavy atom. The molecule has 0 spiro atoms. The summed E-state index contributed by atoms with van der Waals surface area (Å²) >= 11 is 0. The van der Waals surface area contributed by atoms with Crippen molar-refractivity contribution >= 4 is 11.8 Å². The Hall–Kier alpha value is -1.99. The van der Waals surface area contributed by atoms with Crippen LogP contribution in [0.25, 0.3) is 0 Å². The van der Waals surface area contributed by atoms with Crippen molar-refractivity contribution in [2.45, 2.75) is 26.3 Å². The summed E-state index contributed by atoms with van der Waals surface area (Å²) < 4.78 is 1.20. The maximum atomic E-state index is 10.5. The van der Waals surface area contributed by atoms with Crippen LogP contribution in [0.4, 0.5) is 11.8 Å². The van der Waals surface area contributed by atoms with Crippen LogP contribution < -0.4 is 0 Å². The highest BCUT2D eigenvalue weighted by atomic mass is 16.6. The molecule has 8 heteroatoms. The summed E-state index contributed by atoms with van der Waals surface area (Å²) in [7, 11) is 0. The SMILES string of the molecule is CCCCn1cc([N+](=O)[O-])nc1[N+](=O)[O-]. The van der Waals surface area contributed by atoms with Gasteiger partial charge < -0.3 is 20.2 Å². The van der Waals surface area contributed by atoms with E-state index in [0.717, 1.165) is 12.6 Å². The Bertz CT molecular complexity index is 386. The van der Waals surface area contributed by atoms with Crippen LogP contribution in [0, 0.1) is 20.2 Å². The molecule has 0 atom stereocenters. The molecule has 0 unspecified atom stereocenters. The van der Waals surface area contributed by atoms with E-state index in [9.17, 15) is 20.2 Å². The largest absolute Gasteiger partial charge is 0.438 e. The molecule has 8 nitrogen and oxygen atoms in total. The zero-order valence-corrected chi connectivity index (χ0v) is 8.12. The highest BCUT2D eigenvalue weighted by Crippen LogP contribution is 2.17. The van der Waals surface area contributed by atoms with E-state index in [1.807, 2.05) is 6.92 Å². The molecule has 1 rings (SSSR count). The second kappa shape index (κ2) is 4.49. The maximum Gasteiger partial charge on any atom is 0.438 e. The summed E-state index contributed by atoms with van der Waals surface area (Å²) in [6, 6.07) is 0. The predicted octanol–water partition coefficient (Wildman–Crippen LogP) is 1.50. The van der Waals surface area contributed by atoms with E-state index in [1.54, 1.807) is 0 Å². The van der Waals surface area contributed by atoms with Crippen LogP contribution in [-0.4, -0.2) is 19.4 Å². The Labute approximate surface area is 84.8 Å². The molecule has 1 aromatic heterocycles. The minimum Gasteiger partial charge on any atom is -0.390 e. The molecule has 0 saturated heterocycles. The van der Waals surface area contributed by atoms with Gasteiger partial charge in [0, 0.05) is 0 Å². The molecule has 0 N–H and O–H groups in total. The standard InChI is InChI=1S/C7H10N4O4/c1-2-3-4-9-5-6(10(12)13)8-7(9)11(14)15/h5H,2-4H2,1H3. The highest BCUT2D eigenvalue weighted by molar-refractivity contribution is 5.24. The monoisotopic (exact) mass is 214 g/mol. The topological polar surface area (TPSA) is 104 Å². The molecule has 0 saturated carbocycles. The molecule has 0 aromatic carbocycles. The molecule has 0 aliphatic heterocycles. The number of rotatable bonds is 5. The van der Waals surface area contributed by atoms with Gasteiger partial charge in [0.2, 0.25) is 0 Å². The van der Waals surface area contributed by atoms with Gasteiger partial charge in [-0.25, -0.2) is 4.57 Å². The number of hydrogen-bond donors (Lipinski definition) is 0. The quantitative estimate of drug-likeness (QED) is 0.545. The van der Waals surface area contributed by atoms with Crippen molar-refractivity contribution in [3.8, 4) is 0 Å². The lowest BCUT2D eigenvalue weighted by Crippen LogP contribution is -2.02. The van der Waals surface area contributed by atoms with Crippen LogP contribution in [0.15, 0.2) is 6.20 Å². The second-order valence-electron chi connectivity index (χ2n) is 2.96. The van der Waals surface area contributed by atoms with Gasteiger partial charge in [-0.1, -0.05) is 13.3 Å². The molecule has 1 aromatic rings.